The van der Waals surface area contributed by atoms with Crippen LogP contribution in [0.15, 0.2) is 42.6 Å². The Labute approximate surface area is 171 Å². The maximum absolute atomic E-state index is 12.5. The Morgan fingerprint density at radius 3 is 2.71 bits per heavy atom. The van der Waals surface area contributed by atoms with Gasteiger partial charge in [0.2, 0.25) is 0 Å². The van der Waals surface area contributed by atoms with Crippen LogP contribution in [0.2, 0.25) is 10.3 Å². The first-order valence-corrected chi connectivity index (χ1v) is 9.42. The summed E-state index contributed by atoms with van der Waals surface area (Å²) in [5.41, 5.74) is 2.18. The van der Waals surface area contributed by atoms with Gasteiger partial charge in [-0.3, -0.25) is 0 Å². The fourth-order valence-electron chi connectivity index (χ4n) is 2.81. The Bertz CT molecular complexity index is 1050. The predicted octanol–water partition coefficient (Wildman–Crippen LogP) is 5.38. The molecule has 1 aliphatic carbocycles. The number of aromatic nitrogens is 3. The molecule has 1 saturated carbocycles. The molecule has 0 saturated heterocycles. The highest BCUT2D eigenvalue weighted by atomic mass is 35.5. The molecular formula is C20H15Cl2N3O3. The lowest BCUT2D eigenvalue weighted by Gasteiger charge is -2.15. The van der Waals surface area contributed by atoms with Crippen molar-refractivity contribution >= 4 is 29.2 Å². The lowest BCUT2D eigenvalue weighted by atomic mass is 10.1. The van der Waals surface area contributed by atoms with Gasteiger partial charge in [0.15, 0.2) is 10.9 Å². The molecule has 4 rings (SSSR count). The lowest BCUT2D eigenvalue weighted by molar-refractivity contribution is 0.0729. The number of halogens is 2. The maximum atomic E-state index is 12.5. The molecule has 0 amide bonds. The number of carbonyl (C=O) groups is 1. The normalized spacial score (nSPS) is 13.2. The number of carbonyl (C=O) groups excluding carboxylic acids is 1. The number of para-hydroxylation sites is 1. The summed E-state index contributed by atoms with van der Waals surface area (Å²) in [5, 5.41) is 7.90. The van der Waals surface area contributed by atoms with E-state index < -0.39 is 5.97 Å². The van der Waals surface area contributed by atoms with Gasteiger partial charge >= 0.3 is 5.97 Å². The Balaban J connectivity index is 1.67. The average molecular weight is 416 g/mol. The zero-order valence-electron chi connectivity index (χ0n) is 14.9. The van der Waals surface area contributed by atoms with E-state index in [1.54, 1.807) is 6.07 Å². The van der Waals surface area contributed by atoms with Crippen LogP contribution in [-0.2, 0) is 0 Å². The second-order valence-corrected chi connectivity index (χ2v) is 7.18. The van der Waals surface area contributed by atoms with Gasteiger partial charge in [-0.2, -0.15) is 0 Å². The van der Waals surface area contributed by atoms with Gasteiger partial charge in [-0.25, -0.2) is 9.78 Å². The van der Waals surface area contributed by atoms with Gasteiger partial charge in [-0.15, -0.1) is 10.2 Å². The number of pyridine rings is 1. The van der Waals surface area contributed by atoms with Gasteiger partial charge in [0, 0.05) is 12.3 Å². The van der Waals surface area contributed by atoms with E-state index in [4.69, 9.17) is 32.7 Å². The number of esters is 1. The van der Waals surface area contributed by atoms with Crippen molar-refractivity contribution in [1.82, 2.24) is 15.2 Å². The Hall–Kier alpha value is -2.70. The van der Waals surface area contributed by atoms with Crippen LogP contribution < -0.4 is 9.47 Å². The minimum atomic E-state index is -0.695. The molecule has 3 aromatic rings. The summed E-state index contributed by atoms with van der Waals surface area (Å²) in [6.45, 7) is 1.95. The summed E-state index contributed by atoms with van der Waals surface area (Å²) < 4.78 is 11.5. The van der Waals surface area contributed by atoms with E-state index in [0.29, 0.717) is 11.7 Å². The van der Waals surface area contributed by atoms with Gasteiger partial charge in [0.05, 0.1) is 5.56 Å². The van der Waals surface area contributed by atoms with Crippen molar-refractivity contribution in [2.24, 2.45) is 0 Å². The van der Waals surface area contributed by atoms with E-state index >= 15 is 0 Å². The average Bonchev–Trinajstić information content (AvgIpc) is 3.50. The summed E-state index contributed by atoms with van der Waals surface area (Å²) in [6, 6.07) is 10.5. The molecule has 0 N–H and O–H groups in total. The molecule has 2 heterocycles. The zero-order valence-corrected chi connectivity index (χ0v) is 16.4. The molecule has 0 radical (unpaired) electrons. The first-order valence-electron chi connectivity index (χ1n) is 8.66. The zero-order chi connectivity index (χ0) is 19.7. The molecule has 0 unspecified atom stereocenters. The van der Waals surface area contributed by atoms with Crippen molar-refractivity contribution < 1.29 is 14.3 Å². The second-order valence-electron chi connectivity index (χ2n) is 6.44. The van der Waals surface area contributed by atoms with Crippen LogP contribution in [0.25, 0.3) is 0 Å². The Morgan fingerprint density at radius 2 is 1.96 bits per heavy atom. The number of ether oxygens (including phenoxy) is 2. The van der Waals surface area contributed by atoms with E-state index in [1.807, 2.05) is 25.1 Å². The molecule has 1 aromatic carbocycles. The molecule has 2 aromatic heterocycles. The molecule has 8 heteroatoms. The molecule has 0 atom stereocenters. The summed E-state index contributed by atoms with van der Waals surface area (Å²) >= 11 is 11.9. The van der Waals surface area contributed by atoms with Crippen LogP contribution in [0.1, 0.15) is 40.2 Å². The topological polar surface area (TPSA) is 74.2 Å². The SMILES string of the molecule is Cc1cccc(C2CC2)c1Oc1nnc(Cl)cc1OC(=O)c1cccnc1Cl. The summed E-state index contributed by atoms with van der Waals surface area (Å²) in [5.74, 6) is 0.566. The minimum absolute atomic E-state index is 0.0398. The van der Waals surface area contributed by atoms with Gasteiger partial charge in [0.25, 0.3) is 5.88 Å². The number of benzene rings is 1. The van der Waals surface area contributed by atoms with E-state index in [1.165, 1.54) is 18.3 Å². The molecule has 28 heavy (non-hydrogen) atoms. The largest absolute Gasteiger partial charge is 0.434 e. The summed E-state index contributed by atoms with van der Waals surface area (Å²) in [7, 11) is 0. The minimum Gasteiger partial charge on any atom is -0.434 e. The molecule has 0 bridgehead atoms. The first-order chi connectivity index (χ1) is 13.5. The predicted molar refractivity (Wildman–Crippen MR) is 104 cm³/mol. The van der Waals surface area contributed by atoms with Crippen molar-refractivity contribution in [3.05, 3.63) is 69.6 Å². The molecule has 0 aliphatic heterocycles. The number of nitrogens with zero attached hydrogens (tertiary/aromatic N) is 3. The number of hydrogen-bond acceptors (Lipinski definition) is 6. The monoisotopic (exact) mass is 415 g/mol. The van der Waals surface area contributed by atoms with E-state index in [9.17, 15) is 4.79 Å². The highest BCUT2D eigenvalue weighted by Gasteiger charge is 2.28. The van der Waals surface area contributed by atoms with E-state index in [2.05, 4.69) is 15.2 Å². The fraction of sp³-hybridized carbons (Fsp3) is 0.200. The molecule has 142 valence electrons. The highest BCUT2D eigenvalue weighted by molar-refractivity contribution is 6.32. The van der Waals surface area contributed by atoms with E-state index in [0.717, 1.165) is 24.0 Å². The smallest absolute Gasteiger partial charge is 0.346 e. The van der Waals surface area contributed by atoms with Crippen molar-refractivity contribution in [3.8, 4) is 17.4 Å². The Kier molecular flexibility index (Phi) is 5.15. The molecule has 6 nitrogen and oxygen atoms in total. The lowest BCUT2D eigenvalue weighted by Crippen LogP contribution is -2.11. The summed E-state index contributed by atoms with van der Waals surface area (Å²) in [4.78, 5) is 16.4. The van der Waals surface area contributed by atoms with Crippen LogP contribution in [0.5, 0.6) is 17.4 Å². The van der Waals surface area contributed by atoms with Crippen LogP contribution in [-0.4, -0.2) is 21.2 Å². The number of rotatable bonds is 5. The van der Waals surface area contributed by atoms with Crippen molar-refractivity contribution in [3.63, 3.8) is 0 Å². The maximum Gasteiger partial charge on any atom is 0.346 e. The van der Waals surface area contributed by atoms with Crippen LogP contribution in [0.3, 0.4) is 0 Å². The number of hydrogen-bond donors (Lipinski definition) is 0. The third-order valence-electron chi connectivity index (χ3n) is 4.34. The Morgan fingerprint density at radius 1 is 1.14 bits per heavy atom. The molecule has 1 fully saturated rings. The van der Waals surface area contributed by atoms with Crippen molar-refractivity contribution in [2.45, 2.75) is 25.7 Å². The summed E-state index contributed by atoms with van der Waals surface area (Å²) in [6.07, 6.45) is 3.72. The second kappa shape index (κ2) is 7.73. The van der Waals surface area contributed by atoms with E-state index in [-0.39, 0.29) is 27.5 Å². The van der Waals surface area contributed by atoms with Crippen LogP contribution in [0.4, 0.5) is 0 Å². The molecular weight excluding hydrogens is 401 g/mol. The van der Waals surface area contributed by atoms with Gasteiger partial charge in [0.1, 0.15) is 10.9 Å². The van der Waals surface area contributed by atoms with Crippen molar-refractivity contribution in [2.75, 3.05) is 0 Å². The first kappa shape index (κ1) is 18.7. The highest BCUT2D eigenvalue weighted by Crippen LogP contribution is 2.46. The van der Waals surface area contributed by atoms with Crippen LogP contribution >= 0.6 is 23.2 Å². The molecule has 1 aliphatic rings. The van der Waals surface area contributed by atoms with Gasteiger partial charge < -0.3 is 9.47 Å². The third-order valence-corrected chi connectivity index (χ3v) is 4.82. The van der Waals surface area contributed by atoms with Gasteiger partial charge in [-0.1, -0.05) is 41.4 Å². The fourth-order valence-corrected chi connectivity index (χ4v) is 3.14. The third kappa shape index (κ3) is 3.93. The van der Waals surface area contributed by atoms with Gasteiger partial charge in [-0.05, 0) is 48.9 Å². The standard InChI is InChI=1S/C20H15Cl2N3O3/c1-11-4-2-5-13(12-7-8-12)17(11)28-19-15(10-16(21)24-25-19)27-20(26)14-6-3-9-23-18(14)22/h2-6,9-10,12H,7-8H2,1H3. The van der Waals surface area contributed by atoms with Crippen LogP contribution in [0, 0.1) is 6.92 Å². The van der Waals surface area contributed by atoms with Crippen molar-refractivity contribution in [1.29, 1.82) is 0 Å². The number of aryl methyl sites for hydroxylation is 1. The molecule has 0 spiro atoms. The quantitative estimate of drug-likeness (QED) is 0.411.